The number of anilines is 1. The standard InChI is InChI=1S/C14H8BrClN2OS/c15-9-4-5-11-12(7-9)20-14(17-11)18-13(19)8-2-1-3-10(16)6-8/h1-7H,(H,17,18,19). The van der Waals surface area contributed by atoms with Crippen molar-refractivity contribution < 1.29 is 4.79 Å². The number of aromatic nitrogens is 1. The summed E-state index contributed by atoms with van der Waals surface area (Å²) < 4.78 is 2.00. The molecule has 0 saturated carbocycles. The van der Waals surface area contributed by atoms with Crippen LogP contribution in [0.4, 0.5) is 5.13 Å². The van der Waals surface area contributed by atoms with E-state index in [1.165, 1.54) is 11.3 Å². The molecule has 1 N–H and O–H groups in total. The van der Waals surface area contributed by atoms with Crippen LogP contribution in [0.2, 0.25) is 5.02 Å². The molecule has 0 aliphatic carbocycles. The van der Waals surface area contributed by atoms with Crippen molar-refractivity contribution in [3.63, 3.8) is 0 Å². The third-order valence-corrected chi connectivity index (χ3v) is 4.32. The van der Waals surface area contributed by atoms with Gasteiger partial charge in [-0.25, -0.2) is 4.98 Å². The summed E-state index contributed by atoms with van der Waals surface area (Å²) in [6.07, 6.45) is 0. The average molecular weight is 368 g/mol. The van der Waals surface area contributed by atoms with E-state index in [0.717, 1.165) is 14.7 Å². The van der Waals surface area contributed by atoms with Crippen molar-refractivity contribution in [1.29, 1.82) is 0 Å². The summed E-state index contributed by atoms with van der Waals surface area (Å²) in [5.41, 5.74) is 1.37. The van der Waals surface area contributed by atoms with Gasteiger partial charge in [-0.15, -0.1) is 0 Å². The molecule has 6 heteroatoms. The Labute approximate surface area is 132 Å². The molecule has 100 valence electrons. The Hall–Kier alpha value is -1.43. The molecule has 0 spiro atoms. The van der Waals surface area contributed by atoms with Crippen LogP contribution in [0.5, 0.6) is 0 Å². The third kappa shape index (κ3) is 2.85. The van der Waals surface area contributed by atoms with Gasteiger partial charge in [-0.2, -0.15) is 0 Å². The van der Waals surface area contributed by atoms with Crippen LogP contribution in [-0.2, 0) is 0 Å². The van der Waals surface area contributed by atoms with E-state index < -0.39 is 0 Å². The van der Waals surface area contributed by atoms with E-state index in [2.05, 4.69) is 26.2 Å². The van der Waals surface area contributed by atoms with Crippen LogP contribution in [0.15, 0.2) is 46.9 Å². The zero-order valence-corrected chi connectivity index (χ0v) is 13.2. The second-order valence-electron chi connectivity index (χ2n) is 4.10. The van der Waals surface area contributed by atoms with Crippen LogP contribution in [0, 0.1) is 0 Å². The Morgan fingerprint density at radius 2 is 2.10 bits per heavy atom. The molecule has 20 heavy (non-hydrogen) atoms. The first-order chi connectivity index (χ1) is 9.61. The zero-order chi connectivity index (χ0) is 14.1. The molecule has 1 heterocycles. The highest BCUT2D eigenvalue weighted by atomic mass is 79.9. The summed E-state index contributed by atoms with van der Waals surface area (Å²) >= 11 is 10.7. The second-order valence-corrected chi connectivity index (χ2v) is 6.48. The van der Waals surface area contributed by atoms with Gasteiger partial charge >= 0.3 is 0 Å². The smallest absolute Gasteiger partial charge is 0.257 e. The van der Waals surface area contributed by atoms with E-state index in [1.807, 2.05) is 18.2 Å². The van der Waals surface area contributed by atoms with Crippen molar-refractivity contribution in [1.82, 2.24) is 4.98 Å². The molecule has 1 aromatic heterocycles. The van der Waals surface area contributed by atoms with Gasteiger partial charge in [-0.05, 0) is 36.4 Å². The van der Waals surface area contributed by atoms with Crippen LogP contribution < -0.4 is 5.32 Å². The second kappa shape index (κ2) is 5.52. The van der Waals surface area contributed by atoms with Gasteiger partial charge in [0.2, 0.25) is 0 Å². The van der Waals surface area contributed by atoms with Crippen LogP contribution in [-0.4, -0.2) is 10.9 Å². The first-order valence-electron chi connectivity index (χ1n) is 5.75. The summed E-state index contributed by atoms with van der Waals surface area (Å²) in [4.78, 5) is 16.5. The molecule has 0 unspecified atom stereocenters. The summed E-state index contributed by atoms with van der Waals surface area (Å²) in [5.74, 6) is -0.217. The van der Waals surface area contributed by atoms with Crippen LogP contribution in [0.25, 0.3) is 10.2 Å². The Morgan fingerprint density at radius 3 is 2.90 bits per heavy atom. The molecular weight excluding hydrogens is 360 g/mol. The first kappa shape index (κ1) is 13.5. The Morgan fingerprint density at radius 1 is 1.25 bits per heavy atom. The van der Waals surface area contributed by atoms with Crippen molar-refractivity contribution >= 4 is 60.1 Å². The molecule has 0 atom stereocenters. The SMILES string of the molecule is O=C(Nc1nc2ccc(Br)cc2s1)c1cccc(Cl)c1. The summed E-state index contributed by atoms with van der Waals surface area (Å²) in [6, 6.07) is 12.6. The van der Waals surface area contributed by atoms with Gasteiger partial charge in [0.1, 0.15) is 0 Å². The van der Waals surface area contributed by atoms with Crippen LogP contribution in [0.1, 0.15) is 10.4 Å². The molecular formula is C14H8BrClN2OS. The highest BCUT2D eigenvalue weighted by Crippen LogP contribution is 2.28. The van der Waals surface area contributed by atoms with E-state index >= 15 is 0 Å². The van der Waals surface area contributed by atoms with Crippen molar-refractivity contribution in [2.45, 2.75) is 0 Å². The molecule has 0 bridgehead atoms. The molecule has 0 aliphatic heterocycles. The molecule has 0 fully saturated rings. The number of hydrogen-bond donors (Lipinski definition) is 1. The number of benzene rings is 2. The number of nitrogens with one attached hydrogen (secondary N) is 1. The fraction of sp³-hybridized carbons (Fsp3) is 0. The Balaban J connectivity index is 1.87. The van der Waals surface area contributed by atoms with Crippen LogP contribution in [0.3, 0.4) is 0 Å². The lowest BCUT2D eigenvalue weighted by Gasteiger charge is -2.01. The Kier molecular flexibility index (Phi) is 3.74. The number of nitrogens with zero attached hydrogens (tertiary/aromatic N) is 1. The van der Waals surface area contributed by atoms with Gasteiger partial charge in [0.15, 0.2) is 5.13 Å². The topological polar surface area (TPSA) is 42.0 Å². The maximum atomic E-state index is 12.1. The number of carbonyl (C=O) groups excluding carboxylic acids is 1. The van der Waals surface area contributed by atoms with Gasteiger partial charge in [0.05, 0.1) is 10.2 Å². The zero-order valence-electron chi connectivity index (χ0n) is 10.1. The number of thiazole rings is 1. The monoisotopic (exact) mass is 366 g/mol. The minimum absolute atomic E-state index is 0.217. The minimum atomic E-state index is -0.217. The van der Waals surface area contributed by atoms with Gasteiger partial charge in [0, 0.05) is 15.1 Å². The molecule has 2 aromatic carbocycles. The molecule has 0 aliphatic rings. The Bertz CT molecular complexity index is 803. The van der Waals surface area contributed by atoms with E-state index in [9.17, 15) is 4.79 Å². The lowest BCUT2D eigenvalue weighted by molar-refractivity contribution is 0.102. The molecule has 3 aromatic rings. The fourth-order valence-electron chi connectivity index (χ4n) is 1.75. The summed E-state index contributed by atoms with van der Waals surface area (Å²) in [7, 11) is 0. The van der Waals surface area contributed by atoms with E-state index in [0.29, 0.717) is 15.7 Å². The largest absolute Gasteiger partial charge is 0.298 e. The van der Waals surface area contributed by atoms with Crippen molar-refractivity contribution in [2.75, 3.05) is 5.32 Å². The highest BCUT2D eigenvalue weighted by molar-refractivity contribution is 9.10. The fourth-order valence-corrected chi connectivity index (χ4v) is 3.35. The van der Waals surface area contributed by atoms with Gasteiger partial charge in [0.25, 0.3) is 5.91 Å². The van der Waals surface area contributed by atoms with E-state index in [1.54, 1.807) is 24.3 Å². The van der Waals surface area contributed by atoms with Crippen molar-refractivity contribution in [3.05, 3.63) is 57.5 Å². The quantitative estimate of drug-likeness (QED) is 0.695. The number of rotatable bonds is 2. The normalized spacial score (nSPS) is 10.7. The number of amides is 1. The predicted octanol–water partition coefficient (Wildman–Crippen LogP) is 4.96. The lowest BCUT2D eigenvalue weighted by atomic mass is 10.2. The van der Waals surface area contributed by atoms with Crippen LogP contribution >= 0.6 is 38.9 Å². The summed E-state index contributed by atoms with van der Waals surface area (Å²) in [6.45, 7) is 0. The molecule has 3 rings (SSSR count). The summed E-state index contributed by atoms with van der Waals surface area (Å²) in [5, 5.41) is 3.89. The van der Waals surface area contributed by atoms with Crippen molar-refractivity contribution in [2.24, 2.45) is 0 Å². The maximum absolute atomic E-state index is 12.1. The maximum Gasteiger partial charge on any atom is 0.257 e. The number of carbonyl (C=O) groups is 1. The number of fused-ring (bicyclic) bond motifs is 1. The van der Waals surface area contributed by atoms with E-state index in [-0.39, 0.29) is 5.91 Å². The average Bonchev–Trinajstić information content (AvgIpc) is 2.80. The molecule has 0 saturated heterocycles. The first-order valence-corrected chi connectivity index (χ1v) is 7.73. The third-order valence-electron chi connectivity index (χ3n) is 2.66. The lowest BCUT2D eigenvalue weighted by Crippen LogP contribution is -2.11. The predicted molar refractivity (Wildman–Crippen MR) is 86.7 cm³/mol. The van der Waals surface area contributed by atoms with Gasteiger partial charge in [-0.3, -0.25) is 10.1 Å². The minimum Gasteiger partial charge on any atom is -0.298 e. The van der Waals surface area contributed by atoms with Gasteiger partial charge in [-0.1, -0.05) is 44.9 Å². The molecule has 0 radical (unpaired) electrons. The highest BCUT2D eigenvalue weighted by Gasteiger charge is 2.10. The van der Waals surface area contributed by atoms with E-state index in [4.69, 9.17) is 11.6 Å². The van der Waals surface area contributed by atoms with Gasteiger partial charge < -0.3 is 0 Å². The van der Waals surface area contributed by atoms with Crippen molar-refractivity contribution in [3.8, 4) is 0 Å². The number of hydrogen-bond acceptors (Lipinski definition) is 3. The number of halogens is 2. The molecule has 1 amide bonds. The molecule has 3 nitrogen and oxygen atoms in total.